The van der Waals surface area contributed by atoms with Gasteiger partial charge in [0.15, 0.2) is 0 Å². The van der Waals surface area contributed by atoms with Crippen LogP contribution in [0.4, 0.5) is 0 Å². The summed E-state index contributed by atoms with van der Waals surface area (Å²) in [6.45, 7) is 4.34. The maximum atomic E-state index is 12.7. The summed E-state index contributed by atoms with van der Waals surface area (Å²) in [5.41, 5.74) is 2.72. The van der Waals surface area contributed by atoms with Crippen molar-refractivity contribution in [1.29, 1.82) is 0 Å². The number of likely N-dealkylation sites (tertiary alicyclic amines) is 1. The number of fused-ring (bicyclic) bond motifs is 3. The van der Waals surface area contributed by atoms with Gasteiger partial charge in [-0.2, -0.15) is 0 Å². The molecule has 22 heavy (non-hydrogen) atoms. The minimum Gasteiger partial charge on any atom is -0.337 e. The highest BCUT2D eigenvalue weighted by Crippen LogP contribution is 2.21. The van der Waals surface area contributed by atoms with Crippen molar-refractivity contribution in [2.75, 3.05) is 26.2 Å². The second-order valence-corrected chi connectivity index (χ2v) is 7.00. The lowest BCUT2D eigenvalue weighted by Gasteiger charge is -2.31. The second-order valence-electron chi connectivity index (χ2n) is 7.00. The summed E-state index contributed by atoms with van der Waals surface area (Å²) >= 11 is 0. The normalized spacial score (nSPS) is 28.3. The molecule has 2 atom stereocenters. The first-order valence-electron chi connectivity index (χ1n) is 8.61. The van der Waals surface area contributed by atoms with E-state index < -0.39 is 0 Å². The van der Waals surface area contributed by atoms with E-state index in [0.29, 0.717) is 24.5 Å². The fraction of sp³-hybridized carbons (Fsp3) is 0.611. The van der Waals surface area contributed by atoms with Gasteiger partial charge < -0.3 is 10.2 Å². The van der Waals surface area contributed by atoms with Crippen LogP contribution in [0.15, 0.2) is 24.3 Å². The van der Waals surface area contributed by atoms with Crippen molar-refractivity contribution in [3.63, 3.8) is 0 Å². The fourth-order valence-corrected chi connectivity index (χ4v) is 4.16. The fourth-order valence-electron chi connectivity index (χ4n) is 4.16. The molecular formula is C18H25N3O. The van der Waals surface area contributed by atoms with Crippen molar-refractivity contribution in [3.05, 3.63) is 35.4 Å². The van der Waals surface area contributed by atoms with E-state index in [2.05, 4.69) is 34.5 Å². The zero-order chi connectivity index (χ0) is 14.9. The average molecular weight is 299 g/mol. The Morgan fingerprint density at radius 3 is 2.82 bits per heavy atom. The summed E-state index contributed by atoms with van der Waals surface area (Å²) in [6.07, 6.45) is 4.77. The number of benzene rings is 1. The Kier molecular flexibility index (Phi) is 3.89. The first-order chi connectivity index (χ1) is 10.8. The number of hydrogen-bond donors (Lipinski definition) is 1. The summed E-state index contributed by atoms with van der Waals surface area (Å²) < 4.78 is 0. The van der Waals surface area contributed by atoms with E-state index in [1.54, 1.807) is 0 Å². The van der Waals surface area contributed by atoms with E-state index in [0.717, 1.165) is 32.6 Å². The molecule has 2 saturated heterocycles. The third-order valence-corrected chi connectivity index (χ3v) is 5.45. The molecule has 2 bridgehead atoms. The Labute approximate surface area is 132 Å². The number of rotatable bonds is 2. The number of nitrogens with zero attached hydrogens (tertiary/aromatic N) is 2. The van der Waals surface area contributed by atoms with Crippen LogP contribution in [-0.2, 0) is 17.8 Å². The van der Waals surface area contributed by atoms with Gasteiger partial charge in [0.25, 0.3) is 0 Å². The van der Waals surface area contributed by atoms with Gasteiger partial charge in [-0.25, -0.2) is 0 Å². The molecule has 0 spiro atoms. The lowest BCUT2D eigenvalue weighted by atomic mass is 10.00. The van der Waals surface area contributed by atoms with Crippen LogP contribution in [0.2, 0.25) is 0 Å². The Morgan fingerprint density at radius 2 is 1.91 bits per heavy atom. The van der Waals surface area contributed by atoms with Gasteiger partial charge in [0.05, 0.1) is 6.54 Å². The lowest BCUT2D eigenvalue weighted by Crippen LogP contribution is -2.45. The minimum atomic E-state index is 0.298. The van der Waals surface area contributed by atoms with Gasteiger partial charge in [0, 0.05) is 38.3 Å². The topological polar surface area (TPSA) is 35.6 Å². The third-order valence-electron chi connectivity index (χ3n) is 5.45. The third kappa shape index (κ3) is 2.90. The zero-order valence-electron chi connectivity index (χ0n) is 13.1. The van der Waals surface area contributed by atoms with Crippen molar-refractivity contribution >= 4 is 5.91 Å². The number of carbonyl (C=O) groups is 1. The molecule has 0 radical (unpaired) electrons. The first kappa shape index (κ1) is 14.2. The average Bonchev–Trinajstić information content (AvgIpc) is 2.89. The molecule has 1 aromatic carbocycles. The van der Waals surface area contributed by atoms with Crippen LogP contribution < -0.4 is 5.32 Å². The van der Waals surface area contributed by atoms with Crippen LogP contribution in [0.5, 0.6) is 0 Å². The number of nitrogens with one attached hydrogen (secondary N) is 1. The Morgan fingerprint density at radius 1 is 1.09 bits per heavy atom. The summed E-state index contributed by atoms with van der Waals surface area (Å²) in [7, 11) is 0. The molecular weight excluding hydrogens is 274 g/mol. The summed E-state index contributed by atoms with van der Waals surface area (Å²) in [5.74, 6) is 0.298. The van der Waals surface area contributed by atoms with Gasteiger partial charge in [0.1, 0.15) is 0 Å². The summed E-state index contributed by atoms with van der Waals surface area (Å²) in [4.78, 5) is 17.1. The van der Waals surface area contributed by atoms with Gasteiger partial charge in [0.2, 0.25) is 5.91 Å². The minimum absolute atomic E-state index is 0.298. The molecule has 1 amide bonds. The van der Waals surface area contributed by atoms with Crippen molar-refractivity contribution in [1.82, 2.24) is 15.1 Å². The predicted molar refractivity (Wildman–Crippen MR) is 86.6 cm³/mol. The van der Waals surface area contributed by atoms with Crippen LogP contribution in [0, 0.1) is 0 Å². The van der Waals surface area contributed by atoms with Crippen molar-refractivity contribution in [2.24, 2.45) is 0 Å². The highest BCUT2D eigenvalue weighted by atomic mass is 16.2. The van der Waals surface area contributed by atoms with Crippen LogP contribution in [0.1, 0.15) is 30.4 Å². The van der Waals surface area contributed by atoms with Gasteiger partial charge in [-0.1, -0.05) is 24.3 Å². The van der Waals surface area contributed by atoms with Crippen LogP contribution in [-0.4, -0.2) is 54.0 Å². The van der Waals surface area contributed by atoms with E-state index >= 15 is 0 Å². The number of carbonyl (C=O) groups excluding carboxylic acids is 1. The standard InChI is InChI=1S/C18H25N3O/c22-18(13-20-9-8-16-5-6-17(12-20)19-16)21-10-7-14-3-1-2-4-15(14)11-21/h1-4,16-17,19H,5-13H2. The molecule has 2 unspecified atom stereocenters. The van der Waals surface area contributed by atoms with E-state index in [-0.39, 0.29) is 0 Å². The van der Waals surface area contributed by atoms with Crippen LogP contribution in [0.25, 0.3) is 0 Å². The molecule has 2 fully saturated rings. The highest BCUT2D eigenvalue weighted by molar-refractivity contribution is 5.78. The molecule has 0 aliphatic carbocycles. The molecule has 1 aromatic rings. The quantitative estimate of drug-likeness (QED) is 0.896. The largest absolute Gasteiger partial charge is 0.337 e. The lowest BCUT2D eigenvalue weighted by molar-refractivity contribution is -0.133. The Bertz CT molecular complexity index is 559. The Hall–Kier alpha value is -1.39. The van der Waals surface area contributed by atoms with Crippen molar-refractivity contribution in [2.45, 2.75) is 44.3 Å². The first-order valence-corrected chi connectivity index (χ1v) is 8.61. The van der Waals surface area contributed by atoms with Crippen LogP contribution in [0.3, 0.4) is 0 Å². The molecule has 3 heterocycles. The van der Waals surface area contributed by atoms with Crippen molar-refractivity contribution < 1.29 is 4.79 Å². The molecule has 3 aliphatic heterocycles. The van der Waals surface area contributed by atoms with E-state index in [9.17, 15) is 4.79 Å². The van der Waals surface area contributed by atoms with Gasteiger partial charge in [-0.3, -0.25) is 9.69 Å². The monoisotopic (exact) mass is 299 g/mol. The van der Waals surface area contributed by atoms with Crippen LogP contribution >= 0.6 is 0 Å². The molecule has 4 nitrogen and oxygen atoms in total. The van der Waals surface area contributed by atoms with E-state index in [4.69, 9.17) is 0 Å². The maximum absolute atomic E-state index is 12.7. The molecule has 1 N–H and O–H groups in total. The predicted octanol–water partition coefficient (Wildman–Crippen LogP) is 1.40. The molecule has 0 saturated carbocycles. The molecule has 4 heteroatoms. The molecule has 118 valence electrons. The number of amides is 1. The van der Waals surface area contributed by atoms with Crippen molar-refractivity contribution in [3.8, 4) is 0 Å². The van der Waals surface area contributed by atoms with E-state index in [1.165, 1.54) is 30.4 Å². The van der Waals surface area contributed by atoms with E-state index in [1.807, 2.05) is 4.90 Å². The number of hydrogen-bond acceptors (Lipinski definition) is 3. The maximum Gasteiger partial charge on any atom is 0.237 e. The SMILES string of the molecule is O=C(CN1CCC2CCC(C1)N2)N1CCc2ccccc2C1. The smallest absolute Gasteiger partial charge is 0.237 e. The van der Waals surface area contributed by atoms with Gasteiger partial charge in [-0.05, 0) is 36.8 Å². The summed E-state index contributed by atoms with van der Waals surface area (Å²) in [5, 5.41) is 3.68. The van der Waals surface area contributed by atoms with Gasteiger partial charge in [-0.15, -0.1) is 0 Å². The second kappa shape index (κ2) is 6.01. The molecule has 0 aromatic heterocycles. The molecule has 3 aliphatic rings. The van der Waals surface area contributed by atoms with Gasteiger partial charge >= 0.3 is 0 Å². The highest BCUT2D eigenvalue weighted by Gasteiger charge is 2.30. The zero-order valence-corrected chi connectivity index (χ0v) is 13.1. The Balaban J connectivity index is 1.37. The molecule has 4 rings (SSSR count). The summed E-state index contributed by atoms with van der Waals surface area (Å²) in [6, 6.07) is 9.80.